The van der Waals surface area contributed by atoms with E-state index in [-0.39, 0.29) is 30.3 Å². The molecule has 23 heavy (non-hydrogen) atoms. The summed E-state index contributed by atoms with van der Waals surface area (Å²) in [4.78, 5) is 17.6. The molecule has 6 heteroatoms. The van der Waals surface area contributed by atoms with Gasteiger partial charge in [0.15, 0.2) is 0 Å². The van der Waals surface area contributed by atoms with Crippen molar-refractivity contribution in [1.82, 2.24) is 9.88 Å². The third-order valence-corrected chi connectivity index (χ3v) is 4.46. The molecule has 2 aromatic rings. The van der Waals surface area contributed by atoms with Crippen LogP contribution in [0.25, 0.3) is 10.9 Å². The number of methoxy groups -OCH3 is 2. The predicted molar refractivity (Wildman–Crippen MR) is 84.8 cm³/mol. The number of nitrogens with zero attached hydrogens (tertiary/aromatic N) is 1. The minimum absolute atomic E-state index is 0.0387. The summed E-state index contributed by atoms with van der Waals surface area (Å²) in [6.45, 7) is 1.09. The van der Waals surface area contributed by atoms with Crippen LogP contribution in [0.3, 0.4) is 0 Å². The molecule has 1 amide bonds. The summed E-state index contributed by atoms with van der Waals surface area (Å²) in [7, 11) is 3.30. The molecular formula is C17H21FN2O3. The van der Waals surface area contributed by atoms with E-state index in [1.54, 1.807) is 26.5 Å². The lowest BCUT2D eigenvalue weighted by atomic mass is 10.1. The van der Waals surface area contributed by atoms with Crippen LogP contribution in [0.4, 0.5) is 4.39 Å². The summed E-state index contributed by atoms with van der Waals surface area (Å²) >= 11 is 0. The van der Waals surface area contributed by atoms with Crippen LogP contribution in [0, 0.1) is 5.82 Å². The number of ether oxygens (including phenoxy) is 2. The molecule has 124 valence electrons. The summed E-state index contributed by atoms with van der Waals surface area (Å²) in [5, 5.41) is 0.880. The highest BCUT2D eigenvalue weighted by molar-refractivity contribution is 5.89. The highest BCUT2D eigenvalue weighted by atomic mass is 19.1. The van der Waals surface area contributed by atoms with Crippen molar-refractivity contribution >= 4 is 16.8 Å². The van der Waals surface area contributed by atoms with Gasteiger partial charge in [0.1, 0.15) is 5.82 Å². The SMILES string of the molecule is COC[C@@H]1C[C@H](OC)CN1C(=O)Cc1c[nH]c2cc(F)ccc12. The minimum Gasteiger partial charge on any atom is -0.383 e. The fraction of sp³-hybridized carbons (Fsp3) is 0.471. The summed E-state index contributed by atoms with van der Waals surface area (Å²) in [5.41, 5.74) is 1.58. The summed E-state index contributed by atoms with van der Waals surface area (Å²) in [6, 6.07) is 4.60. The number of likely N-dealkylation sites (tertiary alicyclic amines) is 1. The van der Waals surface area contributed by atoms with E-state index in [9.17, 15) is 9.18 Å². The van der Waals surface area contributed by atoms with E-state index in [0.29, 0.717) is 18.7 Å². The van der Waals surface area contributed by atoms with Gasteiger partial charge in [0, 0.05) is 37.9 Å². The number of carbonyl (C=O) groups excluding carboxylic acids is 1. The molecule has 1 aromatic carbocycles. The van der Waals surface area contributed by atoms with E-state index in [0.717, 1.165) is 17.4 Å². The van der Waals surface area contributed by atoms with Crippen molar-refractivity contribution in [2.24, 2.45) is 0 Å². The molecule has 0 saturated carbocycles. The fourth-order valence-electron chi connectivity index (χ4n) is 3.27. The number of H-pyrrole nitrogens is 1. The number of hydrogen-bond acceptors (Lipinski definition) is 3. The maximum atomic E-state index is 13.2. The first kappa shape index (κ1) is 16.0. The van der Waals surface area contributed by atoms with Gasteiger partial charge in [-0.1, -0.05) is 0 Å². The summed E-state index contributed by atoms with van der Waals surface area (Å²) in [5.74, 6) is -0.253. The molecule has 1 aliphatic heterocycles. The molecule has 0 bridgehead atoms. The Labute approximate surface area is 134 Å². The number of fused-ring (bicyclic) bond motifs is 1. The van der Waals surface area contributed by atoms with Crippen molar-refractivity contribution in [2.45, 2.75) is 25.0 Å². The molecule has 1 N–H and O–H groups in total. The first-order chi connectivity index (χ1) is 11.1. The topological polar surface area (TPSA) is 54.6 Å². The van der Waals surface area contributed by atoms with E-state index < -0.39 is 0 Å². The quantitative estimate of drug-likeness (QED) is 0.918. The predicted octanol–water partition coefficient (Wildman–Crippen LogP) is 2.11. The highest BCUT2D eigenvalue weighted by Crippen LogP contribution is 2.24. The molecule has 2 heterocycles. The van der Waals surface area contributed by atoms with Gasteiger partial charge < -0.3 is 19.4 Å². The lowest BCUT2D eigenvalue weighted by molar-refractivity contribution is -0.132. The largest absolute Gasteiger partial charge is 0.383 e. The number of amides is 1. The summed E-state index contributed by atoms with van der Waals surface area (Å²) in [6.07, 6.45) is 2.89. The van der Waals surface area contributed by atoms with Crippen LogP contribution >= 0.6 is 0 Å². The number of aromatic amines is 1. The Bertz CT molecular complexity index is 700. The molecule has 0 radical (unpaired) electrons. The molecule has 1 aliphatic rings. The molecule has 5 nitrogen and oxygen atoms in total. The van der Waals surface area contributed by atoms with Crippen LogP contribution in [-0.2, 0) is 20.7 Å². The smallest absolute Gasteiger partial charge is 0.227 e. The average Bonchev–Trinajstić information content (AvgIpc) is 3.12. The van der Waals surface area contributed by atoms with Crippen LogP contribution in [0.5, 0.6) is 0 Å². The lowest BCUT2D eigenvalue weighted by Gasteiger charge is -2.23. The van der Waals surface area contributed by atoms with Gasteiger partial charge in [-0.3, -0.25) is 4.79 Å². The van der Waals surface area contributed by atoms with Crippen molar-refractivity contribution in [3.8, 4) is 0 Å². The molecule has 3 rings (SSSR count). The number of carbonyl (C=O) groups is 1. The van der Waals surface area contributed by atoms with E-state index >= 15 is 0 Å². The first-order valence-electron chi connectivity index (χ1n) is 7.69. The number of halogens is 1. The Balaban J connectivity index is 1.77. The fourth-order valence-corrected chi connectivity index (χ4v) is 3.27. The van der Waals surface area contributed by atoms with Gasteiger partial charge in [-0.05, 0) is 30.2 Å². The van der Waals surface area contributed by atoms with Gasteiger partial charge in [-0.25, -0.2) is 4.39 Å². The zero-order valence-electron chi connectivity index (χ0n) is 13.3. The van der Waals surface area contributed by atoms with Crippen LogP contribution in [-0.4, -0.2) is 55.3 Å². The molecule has 1 saturated heterocycles. The van der Waals surface area contributed by atoms with Crippen molar-refractivity contribution in [3.05, 3.63) is 35.8 Å². The van der Waals surface area contributed by atoms with Gasteiger partial charge in [0.25, 0.3) is 0 Å². The van der Waals surface area contributed by atoms with E-state index in [1.165, 1.54) is 12.1 Å². The Morgan fingerprint density at radius 2 is 2.26 bits per heavy atom. The number of nitrogens with one attached hydrogen (secondary N) is 1. The average molecular weight is 320 g/mol. The maximum absolute atomic E-state index is 13.2. The molecule has 2 atom stereocenters. The van der Waals surface area contributed by atoms with Crippen LogP contribution in [0.2, 0.25) is 0 Å². The number of aromatic nitrogens is 1. The van der Waals surface area contributed by atoms with Crippen LogP contribution in [0.1, 0.15) is 12.0 Å². The number of rotatable bonds is 5. The number of benzene rings is 1. The van der Waals surface area contributed by atoms with Gasteiger partial charge in [0.2, 0.25) is 5.91 Å². The van der Waals surface area contributed by atoms with Crippen LogP contribution < -0.4 is 0 Å². The number of hydrogen-bond donors (Lipinski definition) is 1. The first-order valence-corrected chi connectivity index (χ1v) is 7.69. The third-order valence-electron chi connectivity index (χ3n) is 4.46. The lowest BCUT2D eigenvalue weighted by Crippen LogP contribution is -2.39. The Kier molecular flexibility index (Phi) is 4.63. The molecule has 0 spiro atoms. The van der Waals surface area contributed by atoms with Crippen molar-refractivity contribution in [2.75, 3.05) is 27.4 Å². The molecule has 1 fully saturated rings. The van der Waals surface area contributed by atoms with Crippen molar-refractivity contribution in [1.29, 1.82) is 0 Å². The van der Waals surface area contributed by atoms with Crippen LogP contribution in [0.15, 0.2) is 24.4 Å². The second kappa shape index (κ2) is 6.68. The second-order valence-electron chi connectivity index (χ2n) is 5.93. The highest BCUT2D eigenvalue weighted by Gasteiger charge is 2.35. The van der Waals surface area contributed by atoms with Gasteiger partial charge >= 0.3 is 0 Å². The normalized spacial score (nSPS) is 21.3. The Hall–Kier alpha value is -1.92. The molecule has 1 aromatic heterocycles. The van der Waals surface area contributed by atoms with Gasteiger partial charge in [-0.2, -0.15) is 0 Å². The van der Waals surface area contributed by atoms with Gasteiger partial charge in [0.05, 0.1) is 25.2 Å². The Morgan fingerprint density at radius 3 is 3.00 bits per heavy atom. The maximum Gasteiger partial charge on any atom is 0.227 e. The standard InChI is InChI=1S/C17H21FN2O3/c1-22-10-13-7-14(23-2)9-20(13)17(21)5-11-8-19-16-6-12(18)3-4-15(11)16/h3-4,6,8,13-14,19H,5,7,9-10H2,1-2H3/t13-,14-/m0/s1. The zero-order chi connectivity index (χ0) is 16.4. The molecule has 0 unspecified atom stereocenters. The van der Waals surface area contributed by atoms with Gasteiger partial charge in [-0.15, -0.1) is 0 Å². The van der Waals surface area contributed by atoms with Crippen molar-refractivity contribution in [3.63, 3.8) is 0 Å². The second-order valence-corrected chi connectivity index (χ2v) is 5.93. The molecular weight excluding hydrogens is 299 g/mol. The Morgan fingerprint density at radius 1 is 1.43 bits per heavy atom. The van der Waals surface area contributed by atoms with E-state index in [1.807, 2.05) is 4.90 Å². The zero-order valence-corrected chi connectivity index (χ0v) is 13.3. The summed E-state index contributed by atoms with van der Waals surface area (Å²) < 4.78 is 23.9. The van der Waals surface area contributed by atoms with E-state index in [4.69, 9.17) is 9.47 Å². The monoisotopic (exact) mass is 320 g/mol. The third kappa shape index (κ3) is 3.23. The van der Waals surface area contributed by atoms with Crippen molar-refractivity contribution < 1.29 is 18.7 Å². The minimum atomic E-state index is -0.292. The molecule has 0 aliphatic carbocycles. The van der Waals surface area contributed by atoms with E-state index in [2.05, 4.69) is 4.98 Å².